The second-order valence-corrected chi connectivity index (χ2v) is 6.78. The molecular weight excluding hydrogens is 298 g/mol. The first-order valence-corrected chi connectivity index (χ1v) is 8.09. The SMILES string of the molecule is Brc1ccsc1CN1CCOC2CCCCC21. The monoisotopic (exact) mass is 315 g/mol. The van der Waals surface area contributed by atoms with E-state index in [1.54, 1.807) is 0 Å². The molecule has 0 spiro atoms. The van der Waals surface area contributed by atoms with Crippen molar-refractivity contribution in [3.05, 3.63) is 20.8 Å². The molecule has 17 heavy (non-hydrogen) atoms. The van der Waals surface area contributed by atoms with E-state index in [1.807, 2.05) is 11.3 Å². The normalized spacial score (nSPS) is 30.2. The molecule has 94 valence electrons. The third kappa shape index (κ3) is 2.60. The quantitative estimate of drug-likeness (QED) is 0.826. The van der Waals surface area contributed by atoms with Crippen molar-refractivity contribution in [2.24, 2.45) is 0 Å². The van der Waals surface area contributed by atoms with Gasteiger partial charge in [0.05, 0.1) is 12.7 Å². The summed E-state index contributed by atoms with van der Waals surface area (Å²) in [5.74, 6) is 0. The van der Waals surface area contributed by atoms with Crippen LogP contribution in [0.15, 0.2) is 15.9 Å². The molecule has 1 saturated carbocycles. The molecule has 0 amide bonds. The minimum atomic E-state index is 0.497. The Balaban J connectivity index is 1.71. The molecule has 1 aliphatic heterocycles. The Labute approximate surface area is 115 Å². The summed E-state index contributed by atoms with van der Waals surface area (Å²) >= 11 is 5.49. The van der Waals surface area contributed by atoms with Crippen LogP contribution in [0.1, 0.15) is 30.6 Å². The molecule has 0 bridgehead atoms. The molecular formula is C13H18BrNOS. The maximum absolute atomic E-state index is 5.91. The van der Waals surface area contributed by atoms with Crippen LogP contribution in [0.4, 0.5) is 0 Å². The number of thiophene rings is 1. The fraction of sp³-hybridized carbons (Fsp3) is 0.692. The van der Waals surface area contributed by atoms with Crippen molar-refractivity contribution in [1.29, 1.82) is 0 Å². The molecule has 2 fully saturated rings. The Hall–Kier alpha value is 0.1000. The van der Waals surface area contributed by atoms with Crippen LogP contribution in [-0.4, -0.2) is 30.2 Å². The van der Waals surface area contributed by atoms with E-state index in [0.717, 1.165) is 19.7 Å². The van der Waals surface area contributed by atoms with Crippen LogP contribution in [0.3, 0.4) is 0 Å². The van der Waals surface area contributed by atoms with Gasteiger partial charge in [0.15, 0.2) is 0 Å². The van der Waals surface area contributed by atoms with E-state index in [0.29, 0.717) is 12.1 Å². The first-order valence-electron chi connectivity index (χ1n) is 6.42. The average Bonchev–Trinajstić information content (AvgIpc) is 2.76. The minimum Gasteiger partial charge on any atom is -0.375 e. The molecule has 1 aliphatic carbocycles. The van der Waals surface area contributed by atoms with E-state index in [9.17, 15) is 0 Å². The van der Waals surface area contributed by atoms with E-state index < -0.39 is 0 Å². The van der Waals surface area contributed by atoms with Crippen LogP contribution in [-0.2, 0) is 11.3 Å². The Morgan fingerprint density at radius 1 is 1.41 bits per heavy atom. The number of hydrogen-bond acceptors (Lipinski definition) is 3. The topological polar surface area (TPSA) is 12.5 Å². The average molecular weight is 316 g/mol. The van der Waals surface area contributed by atoms with Crippen molar-refractivity contribution < 1.29 is 4.74 Å². The standard InChI is InChI=1S/C13H18BrNOS/c14-10-5-8-17-13(10)9-15-6-7-16-12-4-2-1-3-11(12)15/h5,8,11-12H,1-4,6-7,9H2. The third-order valence-corrected chi connectivity index (χ3v) is 5.80. The van der Waals surface area contributed by atoms with E-state index in [-0.39, 0.29) is 0 Å². The molecule has 2 aliphatic rings. The Morgan fingerprint density at radius 3 is 3.12 bits per heavy atom. The number of rotatable bonds is 2. The smallest absolute Gasteiger partial charge is 0.0731 e. The summed E-state index contributed by atoms with van der Waals surface area (Å²) in [5.41, 5.74) is 0. The predicted octanol–water partition coefficient (Wildman–Crippen LogP) is 3.65. The second-order valence-electron chi connectivity index (χ2n) is 4.92. The molecule has 1 aromatic rings. The van der Waals surface area contributed by atoms with Crippen LogP contribution in [0, 0.1) is 0 Å². The lowest BCUT2D eigenvalue weighted by molar-refractivity contribution is -0.0908. The van der Waals surface area contributed by atoms with E-state index in [2.05, 4.69) is 32.3 Å². The van der Waals surface area contributed by atoms with Gasteiger partial charge in [-0.15, -0.1) is 11.3 Å². The molecule has 1 aromatic heterocycles. The van der Waals surface area contributed by atoms with Gasteiger partial charge in [-0.05, 0) is 40.2 Å². The summed E-state index contributed by atoms with van der Waals surface area (Å²) in [4.78, 5) is 4.08. The van der Waals surface area contributed by atoms with E-state index in [1.165, 1.54) is 35.0 Å². The number of ether oxygens (including phenoxy) is 1. The highest BCUT2D eigenvalue weighted by Crippen LogP contribution is 2.31. The maximum Gasteiger partial charge on any atom is 0.0731 e. The number of hydrogen-bond donors (Lipinski definition) is 0. The number of nitrogens with zero attached hydrogens (tertiary/aromatic N) is 1. The van der Waals surface area contributed by atoms with Crippen molar-refractivity contribution in [2.45, 2.75) is 44.4 Å². The van der Waals surface area contributed by atoms with Gasteiger partial charge in [0.1, 0.15) is 0 Å². The van der Waals surface area contributed by atoms with E-state index in [4.69, 9.17) is 4.74 Å². The summed E-state index contributed by atoms with van der Waals surface area (Å²) in [6.45, 7) is 3.08. The van der Waals surface area contributed by atoms with Gasteiger partial charge < -0.3 is 4.74 Å². The first-order chi connectivity index (χ1) is 8.34. The maximum atomic E-state index is 5.91. The van der Waals surface area contributed by atoms with Gasteiger partial charge in [0.2, 0.25) is 0 Å². The molecule has 1 saturated heterocycles. The molecule has 2 atom stereocenters. The van der Waals surface area contributed by atoms with Crippen LogP contribution < -0.4 is 0 Å². The lowest BCUT2D eigenvalue weighted by atomic mass is 9.90. The van der Waals surface area contributed by atoms with Gasteiger partial charge in [-0.25, -0.2) is 0 Å². The van der Waals surface area contributed by atoms with Gasteiger partial charge in [0.25, 0.3) is 0 Å². The van der Waals surface area contributed by atoms with E-state index >= 15 is 0 Å². The Morgan fingerprint density at radius 2 is 2.29 bits per heavy atom. The van der Waals surface area contributed by atoms with Crippen LogP contribution >= 0.6 is 27.3 Å². The summed E-state index contributed by atoms with van der Waals surface area (Å²) in [5, 5.41) is 2.16. The van der Waals surface area contributed by atoms with Gasteiger partial charge in [-0.3, -0.25) is 4.90 Å². The minimum absolute atomic E-state index is 0.497. The first kappa shape index (κ1) is 12.2. The molecule has 2 heterocycles. The summed E-state index contributed by atoms with van der Waals surface area (Å²) in [6.07, 6.45) is 5.78. The van der Waals surface area contributed by atoms with Gasteiger partial charge in [-0.2, -0.15) is 0 Å². The van der Waals surface area contributed by atoms with Crippen molar-refractivity contribution in [2.75, 3.05) is 13.2 Å². The zero-order valence-electron chi connectivity index (χ0n) is 9.90. The fourth-order valence-corrected chi connectivity index (χ4v) is 4.50. The Bertz CT molecular complexity index is 379. The second kappa shape index (κ2) is 5.39. The van der Waals surface area contributed by atoms with Crippen molar-refractivity contribution >= 4 is 27.3 Å². The van der Waals surface area contributed by atoms with Crippen LogP contribution in [0.25, 0.3) is 0 Å². The zero-order valence-corrected chi connectivity index (χ0v) is 12.3. The number of morpholine rings is 1. The fourth-order valence-electron chi connectivity index (χ4n) is 3.00. The molecule has 2 nitrogen and oxygen atoms in total. The lowest BCUT2D eigenvalue weighted by Crippen LogP contribution is -2.52. The van der Waals surface area contributed by atoms with Crippen molar-refractivity contribution in [1.82, 2.24) is 4.90 Å². The zero-order chi connectivity index (χ0) is 11.7. The molecule has 4 heteroatoms. The van der Waals surface area contributed by atoms with Gasteiger partial charge in [0, 0.05) is 28.5 Å². The van der Waals surface area contributed by atoms with Crippen molar-refractivity contribution in [3.8, 4) is 0 Å². The molecule has 2 unspecified atom stereocenters. The highest BCUT2D eigenvalue weighted by atomic mass is 79.9. The summed E-state index contributed by atoms with van der Waals surface area (Å²) < 4.78 is 7.18. The molecule has 3 rings (SSSR count). The van der Waals surface area contributed by atoms with Gasteiger partial charge in [-0.1, -0.05) is 12.8 Å². The summed E-state index contributed by atoms with van der Waals surface area (Å²) in [6, 6.07) is 2.81. The molecule has 0 radical (unpaired) electrons. The highest BCUT2D eigenvalue weighted by molar-refractivity contribution is 9.10. The van der Waals surface area contributed by atoms with Gasteiger partial charge >= 0.3 is 0 Å². The summed E-state index contributed by atoms with van der Waals surface area (Å²) in [7, 11) is 0. The predicted molar refractivity (Wildman–Crippen MR) is 74.4 cm³/mol. The Kier molecular flexibility index (Phi) is 3.85. The molecule has 0 N–H and O–H groups in total. The van der Waals surface area contributed by atoms with Crippen LogP contribution in [0.2, 0.25) is 0 Å². The van der Waals surface area contributed by atoms with Crippen LogP contribution in [0.5, 0.6) is 0 Å². The van der Waals surface area contributed by atoms with Crippen molar-refractivity contribution in [3.63, 3.8) is 0 Å². The third-order valence-electron chi connectivity index (χ3n) is 3.88. The molecule has 0 aromatic carbocycles. The number of halogens is 1. The largest absolute Gasteiger partial charge is 0.375 e. The number of fused-ring (bicyclic) bond motifs is 1. The lowest BCUT2D eigenvalue weighted by Gasteiger charge is -2.43. The highest BCUT2D eigenvalue weighted by Gasteiger charge is 2.34.